The average molecular weight is 444 g/mol. The van der Waals surface area contributed by atoms with Gasteiger partial charge in [-0.2, -0.15) is 0 Å². The zero-order valence-corrected chi connectivity index (χ0v) is 17.0. The zero-order chi connectivity index (χ0) is 16.5. The van der Waals surface area contributed by atoms with Gasteiger partial charge >= 0.3 is 0 Å². The number of nitrogens with one attached hydrogen (secondary N) is 3. The molecular weight excluding hydrogens is 411 g/mol. The van der Waals surface area contributed by atoms with Gasteiger partial charge in [0.2, 0.25) is 5.91 Å². The van der Waals surface area contributed by atoms with Crippen LogP contribution in [0.4, 0.5) is 0 Å². The number of unbranched alkanes of at least 4 members (excludes halogenated alkanes) is 1. The molecule has 0 saturated heterocycles. The Labute approximate surface area is 157 Å². The number of rotatable bonds is 13. The Balaban J connectivity index is 0. The van der Waals surface area contributed by atoms with Crippen molar-refractivity contribution in [1.82, 2.24) is 16.0 Å². The minimum Gasteiger partial charge on any atom is -0.379 e. The van der Waals surface area contributed by atoms with Gasteiger partial charge in [-0.05, 0) is 13.3 Å². The molecule has 0 aliphatic heterocycles. The van der Waals surface area contributed by atoms with E-state index >= 15 is 0 Å². The van der Waals surface area contributed by atoms with Gasteiger partial charge in [-0.15, -0.1) is 24.0 Å². The van der Waals surface area contributed by atoms with E-state index in [1.54, 1.807) is 0 Å². The normalized spacial score (nSPS) is 10.8. The third kappa shape index (κ3) is 19.3. The summed E-state index contributed by atoms with van der Waals surface area (Å²) in [6.45, 7) is 10.9. The first-order valence-electron chi connectivity index (χ1n) is 8.12. The number of aliphatic imine (C=N–C) groups is 1. The van der Waals surface area contributed by atoms with E-state index in [4.69, 9.17) is 9.47 Å². The number of nitrogens with zero attached hydrogens (tertiary/aromatic N) is 1. The fraction of sp³-hybridized carbons (Fsp3) is 0.867. The van der Waals surface area contributed by atoms with Crippen molar-refractivity contribution >= 4 is 35.8 Å². The van der Waals surface area contributed by atoms with Crippen molar-refractivity contribution in [3.05, 3.63) is 0 Å². The molecule has 0 aromatic heterocycles. The lowest BCUT2D eigenvalue weighted by molar-refractivity contribution is -0.118. The standard InChI is InChI=1S/C15H32N4O3.HI/c1-4-6-10-21-12-13-22-11-9-19-15(16-5-2)18-8-7-17-14(3)20;/h4-13H2,1-3H3,(H,17,20)(H2,16,18,19);1H. The number of hydrogen-bond donors (Lipinski definition) is 3. The van der Waals surface area contributed by atoms with Crippen molar-refractivity contribution < 1.29 is 14.3 Å². The molecule has 7 nitrogen and oxygen atoms in total. The van der Waals surface area contributed by atoms with E-state index in [-0.39, 0.29) is 29.9 Å². The van der Waals surface area contributed by atoms with Crippen LogP contribution in [-0.4, -0.2) is 64.5 Å². The summed E-state index contributed by atoms with van der Waals surface area (Å²) in [5.41, 5.74) is 0. The lowest BCUT2D eigenvalue weighted by atomic mass is 10.4. The van der Waals surface area contributed by atoms with E-state index in [0.29, 0.717) is 39.5 Å². The van der Waals surface area contributed by atoms with E-state index in [9.17, 15) is 4.79 Å². The molecule has 3 N–H and O–H groups in total. The number of halogens is 1. The quantitative estimate of drug-likeness (QED) is 0.172. The van der Waals surface area contributed by atoms with E-state index in [1.807, 2.05) is 6.92 Å². The summed E-state index contributed by atoms with van der Waals surface area (Å²) < 4.78 is 10.9. The molecule has 0 fully saturated rings. The van der Waals surface area contributed by atoms with Crippen LogP contribution in [0.25, 0.3) is 0 Å². The van der Waals surface area contributed by atoms with Crippen LogP contribution < -0.4 is 16.0 Å². The molecule has 0 heterocycles. The zero-order valence-electron chi connectivity index (χ0n) is 14.7. The van der Waals surface area contributed by atoms with Crippen molar-refractivity contribution in [2.75, 3.05) is 52.6 Å². The fourth-order valence-electron chi connectivity index (χ4n) is 1.55. The Morgan fingerprint density at radius 3 is 2.22 bits per heavy atom. The number of carbonyl (C=O) groups is 1. The molecule has 0 rings (SSSR count). The summed E-state index contributed by atoms with van der Waals surface area (Å²) in [7, 11) is 0. The maximum atomic E-state index is 10.8. The summed E-state index contributed by atoms with van der Waals surface area (Å²) in [4.78, 5) is 15.2. The molecule has 1 amide bonds. The lowest BCUT2D eigenvalue weighted by Gasteiger charge is -2.11. The van der Waals surface area contributed by atoms with Crippen LogP contribution in [0.3, 0.4) is 0 Å². The van der Waals surface area contributed by atoms with Crippen molar-refractivity contribution in [3.63, 3.8) is 0 Å². The first-order chi connectivity index (χ1) is 10.7. The Kier molecular flexibility index (Phi) is 20.8. The second-order valence-corrected chi connectivity index (χ2v) is 4.75. The van der Waals surface area contributed by atoms with Crippen LogP contribution in [-0.2, 0) is 14.3 Å². The summed E-state index contributed by atoms with van der Waals surface area (Å²) in [5, 5.41) is 9.01. The third-order valence-electron chi connectivity index (χ3n) is 2.66. The number of hydrogen-bond acceptors (Lipinski definition) is 4. The molecule has 0 aliphatic rings. The first kappa shape index (κ1) is 24.6. The van der Waals surface area contributed by atoms with Crippen LogP contribution in [0.5, 0.6) is 0 Å². The Bertz CT molecular complexity index is 304. The minimum absolute atomic E-state index is 0. The van der Waals surface area contributed by atoms with Crippen LogP contribution >= 0.6 is 24.0 Å². The minimum atomic E-state index is -0.0294. The summed E-state index contributed by atoms with van der Waals surface area (Å²) in [5.74, 6) is 0.703. The number of ether oxygens (including phenoxy) is 2. The summed E-state index contributed by atoms with van der Waals surface area (Å²) >= 11 is 0. The molecule has 0 aliphatic carbocycles. The highest BCUT2D eigenvalue weighted by Gasteiger charge is 1.97. The molecule has 0 spiro atoms. The van der Waals surface area contributed by atoms with Gasteiger partial charge in [0.25, 0.3) is 0 Å². The monoisotopic (exact) mass is 444 g/mol. The molecule has 138 valence electrons. The highest BCUT2D eigenvalue weighted by atomic mass is 127. The molecule has 0 bridgehead atoms. The Hall–Kier alpha value is -0.610. The van der Waals surface area contributed by atoms with E-state index < -0.39 is 0 Å². The van der Waals surface area contributed by atoms with Gasteiger partial charge in [0.05, 0.1) is 26.4 Å². The molecule has 0 saturated carbocycles. The van der Waals surface area contributed by atoms with Gasteiger partial charge in [0, 0.05) is 33.2 Å². The van der Waals surface area contributed by atoms with Crippen LogP contribution in [0.2, 0.25) is 0 Å². The maximum Gasteiger partial charge on any atom is 0.216 e. The second-order valence-electron chi connectivity index (χ2n) is 4.75. The maximum absolute atomic E-state index is 10.8. The molecule has 0 aromatic carbocycles. The third-order valence-corrected chi connectivity index (χ3v) is 2.66. The number of guanidine groups is 1. The van der Waals surface area contributed by atoms with Gasteiger partial charge in [-0.25, -0.2) is 0 Å². The Morgan fingerprint density at radius 2 is 1.61 bits per heavy atom. The number of carbonyl (C=O) groups excluding carboxylic acids is 1. The van der Waals surface area contributed by atoms with Gasteiger partial charge < -0.3 is 25.4 Å². The first-order valence-corrected chi connectivity index (χ1v) is 8.12. The predicted molar refractivity (Wildman–Crippen MR) is 105 cm³/mol. The van der Waals surface area contributed by atoms with Crippen LogP contribution in [0.1, 0.15) is 33.6 Å². The highest BCUT2D eigenvalue weighted by Crippen LogP contribution is 1.88. The van der Waals surface area contributed by atoms with E-state index in [0.717, 1.165) is 32.0 Å². The van der Waals surface area contributed by atoms with Crippen molar-refractivity contribution in [2.45, 2.75) is 33.6 Å². The molecule has 0 atom stereocenters. The van der Waals surface area contributed by atoms with Crippen molar-refractivity contribution in [1.29, 1.82) is 0 Å². The molecule has 0 radical (unpaired) electrons. The topological polar surface area (TPSA) is 84.0 Å². The molecule has 8 heteroatoms. The van der Waals surface area contributed by atoms with Crippen LogP contribution in [0, 0.1) is 0 Å². The Morgan fingerprint density at radius 1 is 0.957 bits per heavy atom. The van der Waals surface area contributed by atoms with Crippen molar-refractivity contribution in [2.24, 2.45) is 4.99 Å². The van der Waals surface area contributed by atoms with Gasteiger partial charge in [-0.1, -0.05) is 13.3 Å². The predicted octanol–water partition coefficient (Wildman–Crippen LogP) is 1.13. The molecule has 0 unspecified atom stereocenters. The van der Waals surface area contributed by atoms with Gasteiger partial charge in [0.15, 0.2) is 5.96 Å². The SMILES string of the molecule is CCCCOCCOCCN=C(NCC)NCCNC(C)=O.I. The van der Waals surface area contributed by atoms with Crippen molar-refractivity contribution in [3.8, 4) is 0 Å². The molecule has 0 aromatic rings. The van der Waals surface area contributed by atoms with E-state index in [1.165, 1.54) is 6.92 Å². The van der Waals surface area contributed by atoms with Gasteiger partial charge in [0.1, 0.15) is 0 Å². The van der Waals surface area contributed by atoms with Gasteiger partial charge in [-0.3, -0.25) is 9.79 Å². The lowest BCUT2D eigenvalue weighted by Crippen LogP contribution is -2.41. The second kappa shape index (κ2) is 19.4. The molecular formula is C15H33IN4O3. The fourth-order valence-corrected chi connectivity index (χ4v) is 1.55. The summed E-state index contributed by atoms with van der Waals surface area (Å²) in [6, 6.07) is 0. The number of amides is 1. The molecule has 23 heavy (non-hydrogen) atoms. The smallest absolute Gasteiger partial charge is 0.216 e. The average Bonchev–Trinajstić information content (AvgIpc) is 2.49. The van der Waals surface area contributed by atoms with Crippen LogP contribution in [0.15, 0.2) is 4.99 Å². The largest absolute Gasteiger partial charge is 0.379 e. The highest BCUT2D eigenvalue weighted by molar-refractivity contribution is 14.0. The summed E-state index contributed by atoms with van der Waals surface area (Å²) in [6.07, 6.45) is 2.25. The van der Waals surface area contributed by atoms with E-state index in [2.05, 4.69) is 27.9 Å².